The lowest BCUT2D eigenvalue weighted by molar-refractivity contribution is -0.158. The summed E-state index contributed by atoms with van der Waals surface area (Å²) in [4.78, 5) is 30.3. The van der Waals surface area contributed by atoms with E-state index in [-0.39, 0.29) is 0 Å². The van der Waals surface area contributed by atoms with Crippen LogP contribution >= 0.6 is 0 Å². The van der Waals surface area contributed by atoms with Crippen LogP contribution in [-0.2, 0) is 19.1 Å². The van der Waals surface area contributed by atoms with Gasteiger partial charge in [0.1, 0.15) is 6.42 Å². The highest BCUT2D eigenvalue weighted by Crippen LogP contribution is 2.00. The van der Waals surface area contributed by atoms with Crippen LogP contribution in [0.1, 0.15) is 6.42 Å². The van der Waals surface area contributed by atoms with Gasteiger partial charge in [-0.2, -0.15) is 0 Å². The minimum absolute atomic E-state index is 0.480. The maximum Gasteiger partial charge on any atom is 0.524 e. The third-order valence-electron chi connectivity index (χ3n) is 0.683. The lowest BCUT2D eigenvalue weighted by atomic mass is 10.4. The van der Waals surface area contributed by atoms with Crippen LogP contribution in [0, 0.1) is 0 Å². The second-order valence-electron chi connectivity index (χ2n) is 1.37. The molecule has 0 aromatic carbocycles. The van der Waals surface area contributed by atoms with Crippen molar-refractivity contribution in [1.29, 1.82) is 0 Å². The van der Waals surface area contributed by atoms with Gasteiger partial charge in [0.05, 0.1) is 0 Å². The summed E-state index contributed by atoms with van der Waals surface area (Å²) in [6.45, 7) is 0. The van der Waals surface area contributed by atoms with Crippen LogP contribution in [0.4, 0.5) is 4.79 Å². The average molecular weight is 130 g/mol. The number of carbonyl (C=O) groups is 3. The summed E-state index contributed by atoms with van der Waals surface area (Å²) in [5.41, 5.74) is 0. The fourth-order valence-electron chi connectivity index (χ4n) is 0.397. The van der Waals surface area contributed by atoms with E-state index in [0.717, 1.165) is 0 Å². The van der Waals surface area contributed by atoms with Gasteiger partial charge in [-0.05, 0) is 0 Å². The second-order valence-corrected chi connectivity index (χ2v) is 1.37. The molecular formula is C4H2O5. The molecule has 1 saturated heterocycles. The minimum atomic E-state index is -1.24. The Hall–Kier alpha value is -1.39. The second kappa shape index (κ2) is 1.85. The van der Waals surface area contributed by atoms with Crippen molar-refractivity contribution in [2.75, 3.05) is 0 Å². The molecule has 1 rings (SSSR count). The summed E-state index contributed by atoms with van der Waals surface area (Å²) in [6.07, 6.45) is -1.72. The molecule has 0 bridgehead atoms. The monoisotopic (exact) mass is 130 g/mol. The van der Waals surface area contributed by atoms with Crippen LogP contribution in [0.5, 0.6) is 0 Å². The fourth-order valence-corrected chi connectivity index (χ4v) is 0.397. The SMILES string of the molecule is O=C1CC(=O)OC(=O)O1. The normalized spacial score (nSPS) is 18.9. The van der Waals surface area contributed by atoms with Gasteiger partial charge in [-0.1, -0.05) is 0 Å². The van der Waals surface area contributed by atoms with E-state index in [9.17, 15) is 14.4 Å². The zero-order chi connectivity index (χ0) is 6.85. The first-order valence-electron chi connectivity index (χ1n) is 2.14. The molecule has 0 amide bonds. The minimum Gasteiger partial charge on any atom is -0.360 e. The van der Waals surface area contributed by atoms with Crippen LogP contribution in [0.15, 0.2) is 0 Å². The van der Waals surface area contributed by atoms with E-state index in [1.807, 2.05) is 0 Å². The van der Waals surface area contributed by atoms with Gasteiger partial charge in [0, 0.05) is 0 Å². The number of hydrogen-bond donors (Lipinski definition) is 0. The maximum absolute atomic E-state index is 10.1. The molecule has 0 atom stereocenters. The highest BCUT2D eigenvalue weighted by molar-refractivity contribution is 6.02. The molecule has 0 aliphatic carbocycles. The predicted octanol–water partition coefficient (Wildman–Crippen LogP) is -0.403. The van der Waals surface area contributed by atoms with Crippen molar-refractivity contribution in [3.63, 3.8) is 0 Å². The molecule has 0 saturated carbocycles. The zero-order valence-electron chi connectivity index (χ0n) is 4.25. The van der Waals surface area contributed by atoms with E-state index in [1.54, 1.807) is 0 Å². The Morgan fingerprint density at radius 3 is 1.78 bits per heavy atom. The average Bonchev–Trinajstić information content (AvgIpc) is 1.59. The molecule has 0 spiro atoms. The van der Waals surface area contributed by atoms with Crippen LogP contribution in [0.25, 0.3) is 0 Å². The van der Waals surface area contributed by atoms with Gasteiger partial charge in [-0.3, -0.25) is 9.59 Å². The highest BCUT2D eigenvalue weighted by Gasteiger charge is 2.25. The Kier molecular flexibility index (Phi) is 1.18. The molecule has 0 unspecified atom stereocenters. The van der Waals surface area contributed by atoms with Gasteiger partial charge in [0.15, 0.2) is 0 Å². The summed E-state index contributed by atoms with van der Waals surface area (Å²) in [5.74, 6) is -1.73. The van der Waals surface area contributed by atoms with Gasteiger partial charge in [0.25, 0.3) is 0 Å². The number of ether oxygens (including phenoxy) is 2. The first-order valence-corrected chi connectivity index (χ1v) is 2.14. The van der Waals surface area contributed by atoms with Crippen molar-refractivity contribution >= 4 is 18.1 Å². The van der Waals surface area contributed by atoms with Crippen LogP contribution in [0.2, 0.25) is 0 Å². The van der Waals surface area contributed by atoms with Crippen molar-refractivity contribution in [3.8, 4) is 0 Å². The van der Waals surface area contributed by atoms with Crippen LogP contribution in [-0.4, -0.2) is 18.1 Å². The Morgan fingerprint density at radius 2 is 1.44 bits per heavy atom. The van der Waals surface area contributed by atoms with E-state index in [2.05, 4.69) is 9.47 Å². The molecule has 48 valence electrons. The molecule has 0 aromatic heterocycles. The summed E-state index contributed by atoms with van der Waals surface area (Å²) in [7, 11) is 0. The number of carbonyl (C=O) groups excluding carboxylic acids is 3. The lowest BCUT2D eigenvalue weighted by Crippen LogP contribution is -2.26. The lowest BCUT2D eigenvalue weighted by Gasteiger charge is -2.06. The quantitative estimate of drug-likeness (QED) is 0.329. The Bertz CT molecular complexity index is 136. The first-order chi connectivity index (χ1) is 4.18. The Labute approximate surface area is 49.5 Å². The molecule has 5 nitrogen and oxygen atoms in total. The molecular weight excluding hydrogens is 128 g/mol. The topological polar surface area (TPSA) is 69.7 Å². The van der Waals surface area contributed by atoms with E-state index in [0.29, 0.717) is 0 Å². The van der Waals surface area contributed by atoms with Crippen LogP contribution in [0.3, 0.4) is 0 Å². The third-order valence-corrected chi connectivity index (χ3v) is 0.683. The molecule has 5 heteroatoms. The Morgan fingerprint density at radius 1 is 1.00 bits per heavy atom. The van der Waals surface area contributed by atoms with E-state index in [1.165, 1.54) is 0 Å². The van der Waals surface area contributed by atoms with Gasteiger partial charge < -0.3 is 9.47 Å². The van der Waals surface area contributed by atoms with Crippen molar-refractivity contribution in [1.82, 2.24) is 0 Å². The summed E-state index contributed by atoms with van der Waals surface area (Å²) < 4.78 is 7.67. The van der Waals surface area contributed by atoms with Gasteiger partial charge >= 0.3 is 18.1 Å². The predicted molar refractivity (Wildman–Crippen MR) is 22.2 cm³/mol. The highest BCUT2D eigenvalue weighted by atomic mass is 16.8. The summed E-state index contributed by atoms with van der Waals surface area (Å²) >= 11 is 0. The molecule has 0 radical (unpaired) electrons. The van der Waals surface area contributed by atoms with Gasteiger partial charge in [-0.15, -0.1) is 0 Å². The van der Waals surface area contributed by atoms with E-state index in [4.69, 9.17) is 0 Å². The smallest absolute Gasteiger partial charge is 0.360 e. The number of esters is 2. The van der Waals surface area contributed by atoms with E-state index < -0.39 is 24.5 Å². The Balaban J connectivity index is 2.64. The number of rotatable bonds is 0. The van der Waals surface area contributed by atoms with Crippen molar-refractivity contribution in [2.24, 2.45) is 0 Å². The molecule has 1 aliphatic heterocycles. The maximum atomic E-state index is 10.1. The molecule has 1 heterocycles. The molecule has 0 aromatic rings. The largest absolute Gasteiger partial charge is 0.524 e. The molecule has 1 fully saturated rings. The van der Waals surface area contributed by atoms with Gasteiger partial charge in [-0.25, -0.2) is 4.79 Å². The summed E-state index contributed by atoms with van der Waals surface area (Å²) in [6, 6.07) is 0. The summed E-state index contributed by atoms with van der Waals surface area (Å²) in [5, 5.41) is 0. The standard InChI is InChI=1S/C4H2O5/c5-2-1-3(6)9-4(7)8-2/h1H2. The van der Waals surface area contributed by atoms with Crippen LogP contribution < -0.4 is 0 Å². The molecule has 9 heavy (non-hydrogen) atoms. The zero-order valence-corrected chi connectivity index (χ0v) is 4.25. The van der Waals surface area contributed by atoms with Crippen molar-refractivity contribution in [3.05, 3.63) is 0 Å². The molecule has 1 aliphatic rings. The van der Waals surface area contributed by atoms with Gasteiger partial charge in [0.2, 0.25) is 0 Å². The fraction of sp³-hybridized carbons (Fsp3) is 0.250. The third kappa shape index (κ3) is 1.25. The first kappa shape index (κ1) is 5.74. The van der Waals surface area contributed by atoms with Crippen molar-refractivity contribution in [2.45, 2.75) is 6.42 Å². The number of cyclic esters (lactones) is 4. The van der Waals surface area contributed by atoms with Crippen molar-refractivity contribution < 1.29 is 23.9 Å². The number of hydrogen-bond acceptors (Lipinski definition) is 5. The molecule has 0 N–H and O–H groups in total. The van der Waals surface area contributed by atoms with E-state index >= 15 is 0 Å².